The maximum absolute atomic E-state index is 12.3. The molecule has 120 valence electrons. The van der Waals surface area contributed by atoms with E-state index in [1.165, 1.54) is 0 Å². The van der Waals surface area contributed by atoms with Crippen molar-refractivity contribution in [3.05, 3.63) is 54.1 Å². The largest absolute Gasteiger partial charge is 0.497 e. The van der Waals surface area contributed by atoms with Gasteiger partial charge in [0.1, 0.15) is 11.3 Å². The fourth-order valence-corrected chi connectivity index (χ4v) is 3.29. The van der Waals surface area contributed by atoms with Crippen LogP contribution in [0, 0.1) is 0 Å². The molecule has 1 aliphatic heterocycles. The fraction of sp³-hybridized carbons (Fsp3) is 0.353. The molecule has 6 nitrogen and oxygen atoms in total. The zero-order chi connectivity index (χ0) is 16.3. The molecule has 0 radical (unpaired) electrons. The van der Waals surface area contributed by atoms with Crippen LogP contribution in [-0.2, 0) is 16.9 Å². The Bertz CT molecular complexity index is 692. The standard InChI is InChI=1S/C17H20N4O2/c1-23-14-5-2-4-13(10-14)12-21-9-3-6-17(21,16(18)22)15-11-19-7-8-20-15/h2,4-5,7-8,10-11H,3,6,9,12H2,1H3,(H2,18,22)/t17-/m0/s1. The Morgan fingerprint density at radius 2 is 2.30 bits per heavy atom. The van der Waals surface area contributed by atoms with Crippen LogP contribution < -0.4 is 10.5 Å². The molecule has 0 spiro atoms. The molecule has 0 aliphatic carbocycles. The smallest absolute Gasteiger partial charge is 0.244 e. The molecule has 0 unspecified atom stereocenters. The first-order valence-electron chi connectivity index (χ1n) is 7.61. The molecule has 2 aromatic rings. The molecule has 2 heterocycles. The van der Waals surface area contributed by atoms with E-state index < -0.39 is 5.54 Å². The summed E-state index contributed by atoms with van der Waals surface area (Å²) in [6.07, 6.45) is 6.38. The van der Waals surface area contributed by atoms with Crippen LogP contribution in [0.3, 0.4) is 0 Å². The van der Waals surface area contributed by atoms with Crippen LogP contribution in [0.4, 0.5) is 0 Å². The average molecular weight is 312 g/mol. The summed E-state index contributed by atoms with van der Waals surface area (Å²) in [5.74, 6) is 0.421. The predicted octanol–water partition coefficient (Wildman–Crippen LogP) is 1.46. The van der Waals surface area contributed by atoms with Gasteiger partial charge in [-0.3, -0.25) is 19.7 Å². The van der Waals surface area contributed by atoms with E-state index in [1.807, 2.05) is 24.3 Å². The van der Waals surface area contributed by atoms with Crippen molar-refractivity contribution in [2.45, 2.75) is 24.9 Å². The molecule has 1 fully saturated rings. The molecule has 1 saturated heterocycles. The number of hydrogen-bond donors (Lipinski definition) is 1. The van der Waals surface area contributed by atoms with E-state index in [4.69, 9.17) is 10.5 Å². The molecule has 1 aromatic heterocycles. The zero-order valence-electron chi connectivity index (χ0n) is 13.1. The number of carbonyl (C=O) groups is 1. The Kier molecular flexibility index (Phi) is 4.25. The number of likely N-dealkylation sites (tertiary alicyclic amines) is 1. The highest BCUT2D eigenvalue weighted by atomic mass is 16.5. The first kappa shape index (κ1) is 15.4. The Morgan fingerprint density at radius 1 is 1.43 bits per heavy atom. The summed E-state index contributed by atoms with van der Waals surface area (Å²) >= 11 is 0. The van der Waals surface area contributed by atoms with Crippen LogP contribution in [0.1, 0.15) is 24.1 Å². The van der Waals surface area contributed by atoms with Gasteiger partial charge in [0.05, 0.1) is 19.0 Å². The van der Waals surface area contributed by atoms with E-state index in [-0.39, 0.29) is 5.91 Å². The number of methoxy groups -OCH3 is 1. The number of carbonyl (C=O) groups excluding carboxylic acids is 1. The minimum atomic E-state index is -0.892. The fourth-order valence-electron chi connectivity index (χ4n) is 3.29. The van der Waals surface area contributed by atoms with Crippen LogP contribution in [0.15, 0.2) is 42.9 Å². The number of aromatic nitrogens is 2. The van der Waals surface area contributed by atoms with Crippen LogP contribution in [0.5, 0.6) is 5.75 Å². The number of nitrogens with zero attached hydrogens (tertiary/aromatic N) is 3. The first-order chi connectivity index (χ1) is 11.2. The van der Waals surface area contributed by atoms with Gasteiger partial charge in [-0.05, 0) is 37.1 Å². The first-order valence-corrected chi connectivity index (χ1v) is 7.61. The molecule has 1 aromatic carbocycles. The third-order valence-electron chi connectivity index (χ3n) is 4.41. The van der Waals surface area contributed by atoms with Gasteiger partial charge in [0.15, 0.2) is 0 Å². The lowest BCUT2D eigenvalue weighted by Crippen LogP contribution is -2.51. The topological polar surface area (TPSA) is 81.3 Å². The lowest BCUT2D eigenvalue weighted by Gasteiger charge is -2.35. The second-order valence-electron chi connectivity index (χ2n) is 5.69. The van der Waals surface area contributed by atoms with Crippen molar-refractivity contribution in [2.75, 3.05) is 13.7 Å². The van der Waals surface area contributed by atoms with Gasteiger partial charge in [0.25, 0.3) is 0 Å². The second-order valence-corrected chi connectivity index (χ2v) is 5.69. The van der Waals surface area contributed by atoms with Crippen molar-refractivity contribution in [3.63, 3.8) is 0 Å². The van der Waals surface area contributed by atoms with Crippen molar-refractivity contribution in [1.82, 2.24) is 14.9 Å². The van der Waals surface area contributed by atoms with E-state index in [2.05, 4.69) is 14.9 Å². The summed E-state index contributed by atoms with van der Waals surface area (Å²) in [5, 5.41) is 0. The summed E-state index contributed by atoms with van der Waals surface area (Å²) in [4.78, 5) is 22.9. The number of primary amides is 1. The maximum atomic E-state index is 12.3. The molecule has 1 atom stereocenters. The molecule has 23 heavy (non-hydrogen) atoms. The van der Waals surface area contributed by atoms with Crippen molar-refractivity contribution in [2.24, 2.45) is 5.73 Å². The number of amides is 1. The summed E-state index contributed by atoms with van der Waals surface area (Å²) in [6.45, 7) is 1.40. The molecular weight excluding hydrogens is 292 g/mol. The highest BCUT2D eigenvalue weighted by Crippen LogP contribution is 2.38. The monoisotopic (exact) mass is 312 g/mol. The van der Waals surface area contributed by atoms with Gasteiger partial charge in [-0.2, -0.15) is 0 Å². The summed E-state index contributed by atoms with van der Waals surface area (Å²) in [6, 6.07) is 7.83. The Hall–Kier alpha value is -2.47. The molecule has 0 saturated carbocycles. The Balaban J connectivity index is 1.95. The minimum Gasteiger partial charge on any atom is -0.497 e. The Morgan fingerprint density at radius 3 is 3.00 bits per heavy atom. The number of ether oxygens (including phenoxy) is 1. The van der Waals surface area contributed by atoms with Gasteiger partial charge in [-0.1, -0.05) is 12.1 Å². The van der Waals surface area contributed by atoms with Gasteiger partial charge in [0.2, 0.25) is 5.91 Å². The van der Waals surface area contributed by atoms with Crippen molar-refractivity contribution in [1.29, 1.82) is 0 Å². The molecule has 0 bridgehead atoms. The number of benzene rings is 1. The van der Waals surface area contributed by atoms with E-state index in [9.17, 15) is 4.79 Å². The minimum absolute atomic E-state index is 0.376. The second kappa shape index (κ2) is 6.34. The summed E-state index contributed by atoms with van der Waals surface area (Å²) < 4.78 is 5.27. The lowest BCUT2D eigenvalue weighted by atomic mass is 9.91. The van der Waals surface area contributed by atoms with E-state index in [0.717, 1.165) is 24.3 Å². The van der Waals surface area contributed by atoms with Crippen LogP contribution in [0.2, 0.25) is 0 Å². The van der Waals surface area contributed by atoms with Gasteiger partial charge in [-0.15, -0.1) is 0 Å². The molecule has 3 rings (SSSR count). The third-order valence-corrected chi connectivity index (χ3v) is 4.41. The highest BCUT2D eigenvalue weighted by molar-refractivity contribution is 5.86. The van der Waals surface area contributed by atoms with Gasteiger partial charge >= 0.3 is 0 Å². The third kappa shape index (κ3) is 2.77. The van der Waals surface area contributed by atoms with Crippen molar-refractivity contribution >= 4 is 5.91 Å². The number of rotatable bonds is 5. The predicted molar refractivity (Wildman–Crippen MR) is 85.5 cm³/mol. The van der Waals surface area contributed by atoms with Crippen LogP contribution in [-0.4, -0.2) is 34.4 Å². The molecular formula is C17H20N4O2. The van der Waals surface area contributed by atoms with E-state index in [0.29, 0.717) is 18.7 Å². The average Bonchev–Trinajstić information content (AvgIpc) is 3.00. The lowest BCUT2D eigenvalue weighted by molar-refractivity contribution is -0.129. The van der Waals surface area contributed by atoms with Gasteiger partial charge in [-0.25, -0.2) is 0 Å². The van der Waals surface area contributed by atoms with Crippen molar-refractivity contribution in [3.8, 4) is 5.75 Å². The van der Waals surface area contributed by atoms with Crippen LogP contribution in [0.25, 0.3) is 0 Å². The molecule has 1 aliphatic rings. The van der Waals surface area contributed by atoms with E-state index >= 15 is 0 Å². The maximum Gasteiger partial charge on any atom is 0.244 e. The summed E-state index contributed by atoms with van der Waals surface area (Å²) in [7, 11) is 1.64. The van der Waals surface area contributed by atoms with Gasteiger partial charge in [0, 0.05) is 18.9 Å². The highest BCUT2D eigenvalue weighted by Gasteiger charge is 2.48. The van der Waals surface area contributed by atoms with Crippen molar-refractivity contribution < 1.29 is 9.53 Å². The quantitative estimate of drug-likeness (QED) is 0.904. The number of hydrogen-bond acceptors (Lipinski definition) is 5. The Labute approximate surface area is 135 Å². The summed E-state index contributed by atoms with van der Waals surface area (Å²) in [5.41, 5.74) is 6.59. The zero-order valence-corrected chi connectivity index (χ0v) is 13.1. The molecule has 1 amide bonds. The van der Waals surface area contributed by atoms with E-state index in [1.54, 1.807) is 25.7 Å². The normalized spacial score (nSPS) is 21.3. The van der Waals surface area contributed by atoms with Gasteiger partial charge < -0.3 is 10.5 Å². The molecule has 6 heteroatoms. The van der Waals surface area contributed by atoms with Crippen LogP contribution >= 0.6 is 0 Å². The number of nitrogens with two attached hydrogens (primary N) is 1. The SMILES string of the molecule is COc1cccc(CN2CCC[C@@]2(C(N)=O)c2cnccn2)c1. The molecule has 2 N–H and O–H groups in total.